The maximum atomic E-state index is 5.31. The summed E-state index contributed by atoms with van der Waals surface area (Å²) in [7, 11) is 0. The Kier molecular flexibility index (Phi) is 8.79. The summed E-state index contributed by atoms with van der Waals surface area (Å²) in [6.07, 6.45) is 0. The van der Waals surface area contributed by atoms with Crippen molar-refractivity contribution in [3.8, 4) is 73.1 Å². The van der Waals surface area contributed by atoms with Gasteiger partial charge >= 0.3 is 0 Å². The molecule has 3 aromatic heterocycles. The van der Waals surface area contributed by atoms with E-state index in [-0.39, 0.29) is 0 Å². The van der Waals surface area contributed by atoms with Crippen LogP contribution in [-0.4, -0.2) is 19.5 Å². The first-order chi connectivity index (χ1) is 31.2. The number of benzene rings is 9. The van der Waals surface area contributed by atoms with Gasteiger partial charge in [-0.15, -0.1) is 0 Å². The molecule has 9 aromatic carbocycles. The van der Waals surface area contributed by atoms with Crippen molar-refractivity contribution in [1.29, 1.82) is 0 Å². The summed E-state index contributed by atoms with van der Waals surface area (Å²) in [4.78, 5) is 15.4. The minimum atomic E-state index is 0.701. The van der Waals surface area contributed by atoms with E-state index >= 15 is 0 Å². The van der Waals surface area contributed by atoms with Gasteiger partial charge in [0.1, 0.15) is 0 Å². The summed E-state index contributed by atoms with van der Waals surface area (Å²) in [5.74, 6) is 0.701. The summed E-state index contributed by atoms with van der Waals surface area (Å²) in [5, 5.41) is 6.00. The fourth-order valence-corrected chi connectivity index (χ4v) is 9.24. The molecule has 0 bridgehead atoms. The Labute approximate surface area is 365 Å². The Bertz CT molecular complexity index is 3580. The van der Waals surface area contributed by atoms with Crippen LogP contribution in [0.4, 0.5) is 0 Å². The molecule has 0 aliphatic heterocycles. The van der Waals surface area contributed by atoms with Gasteiger partial charge in [-0.3, -0.25) is 0 Å². The van der Waals surface area contributed by atoms with Crippen LogP contribution in [0.1, 0.15) is 0 Å². The molecule has 0 aliphatic carbocycles. The molecular formula is C59H38N4. The zero-order chi connectivity index (χ0) is 41.7. The highest BCUT2D eigenvalue weighted by molar-refractivity contribution is 6.23. The smallest absolute Gasteiger partial charge is 0.160 e. The van der Waals surface area contributed by atoms with E-state index in [1.54, 1.807) is 0 Å². The molecule has 0 spiro atoms. The van der Waals surface area contributed by atoms with E-state index in [1.807, 2.05) is 36.4 Å². The average molecular weight is 803 g/mol. The second kappa shape index (κ2) is 15.2. The molecule has 0 aliphatic rings. The first-order valence-electron chi connectivity index (χ1n) is 21.4. The number of hydrogen-bond donors (Lipinski definition) is 0. The number of pyridine rings is 1. The molecule has 0 unspecified atom stereocenters. The topological polar surface area (TPSA) is 43.6 Å². The van der Waals surface area contributed by atoms with Crippen molar-refractivity contribution < 1.29 is 0 Å². The summed E-state index contributed by atoms with van der Waals surface area (Å²) < 4.78 is 2.40. The Morgan fingerprint density at radius 1 is 0.317 bits per heavy atom. The Balaban J connectivity index is 0.932. The lowest BCUT2D eigenvalue weighted by Gasteiger charge is -2.15. The van der Waals surface area contributed by atoms with Crippen molar-refractivity contribution in [3.63, 3.8) is 0 Å². The van der Waals surface area contributed by atoms with Gasteiger partial charge in [-0.1, -0.05) is 200 Å². The molecule has 0 saturated carbocycles. The van der Waals surface area contributed by atoms with Gasteiger partial charge in [-0.2, -0.15) is 0 Å². The van der Waals surface area contributed by atoms with Crippen LogP contribution in [0.15, 0.2) is 231 Å². The van der Waals surface area contributed by atoms with E-state index < -0.39 is 0 Å². The standard InChI is InChI=1S/C59H38N4/c1-4-16-41(17-5-1)53-38-54(42-18-6-2-7-19-42)62-59(61-53)44-30-28-39(29-31-44)46-36-37-47(49-23-11-10-22-48(46)49)40-32-34-45(35-33-40)63-55-27-15-13-25-51(55)56-50-24-12-14-26-52(50)60-57(58(56)63)43-20-8-3-9-21-43/h1-38H. The van der Waals surface area contributed by atoms with Crippen molar-refractivity contribution >= 4 is 43.5 Å². The molecular weight excluding hydrogens is 765 g/mol. The van der Waals surface area contributed by atoms with Gasteiger partial charge in [-0.05, 0) is 63.4 Å². The van der Waals surface area contributed by atoms with E-state index in [4.69, 9.17) is 15.0 Å². The predicted octanol–water partition coefficient (Wildman–Crippen LogP) is 15.3. The molecule has 63 heavy (non-hydrogen) atoms. The van der Waals surface area contributed by atoms with Crippen molar-refractivity contribution in [2.24, 2.45) is 0 Å². The van der Waals surface area contributed by atoms with E-state index in [9.17, 15) is 0 Å². The van der Waals surface area contributed by atoms with Crippen LogP contribution in [0.2, 0.25) is 0 Å². The van der Waals surface area contributed by atoms with E-state index in [1.165, 1.54) is 32.7 Å². The van der Waals surface area contributed by atoms with Gasteiger partial charge in [0.05, 0.1) is 33.6 Å². The van der Waals surface area contributed by atoms with Gasteiger partial charge in [0.15, 0.2) is 5.82 Å². The molecule has 12 aromatic rings. The number of fused-ring (bicyclic) bond motifs is 6. The third kappa shape index (κ3) is 6.36. The fraction of sp³-hybridized carbons (Fsp3) is 0. The van der Waals surface area contributed by atoms with E-state index in [0.717, 1.165) is 78.1 Å². The first-order valence-corrected chi connectivity index (χ1v) is 21.4. The van der Waals surface area contributed by atoms with Crippen LogP contribution in [0, 0.1) is 0 Å². The van der Waals surface area contributed by atoms with Crippen LogP contribution in [0.25, 0.3) is 117 Å². The largest absolute Gasteiger partial charge is 0.307 e. The first kappa shape index (κ1) is 36.4. The van der Waals surface area contributed by atoms with Crippen LogP contribution in [0.5, 0.6) is 0 Å². The van der Waals surface area contributed by atoms with E-state index in [2.05, 4.69) is 199 Å². The zero-order valence-electron chi connectivity index (χ0n) is 34.2. The van der Waals surface area contributed by atoms with Crippen molar-refractivity contribution in [2.75, 3.05) is 0 Å². The number of aromatic nitrogens is 4. The van der Waals surface area contributed by atoms with Crippen LogP contribution >= 0.6 is 0 Å². The van der Waals surface area contributed by atoms with Crippen LogP contribution in [-0.2, 0) is 0 Å². The van der Waals surface area contributed by atoms with Gasteiger partial charge < -0.3 is 4.57 Å². The highest BCUT2D eigenvalue weighted by Gasteiger charge is 2.21. The second-order valence-electron chi connectivity index (χ2n) is 15.9. The zero-order valence-corrected chi connectivity index (χ0v) is 34.2. The predicted molar refractivity (Wildman–Crippen MR) is 262 cm³/mol. The Hall–Kier alpha value is -8.47. The molecule has 0 atom stereocenters. The molecule has 0 amide bonds. The summed E-state index contributed by atoms with van der Waals surface area (Å²) in [5.41, 5.74) is 16.0. The Morgan fingerprint density at radius 3 is 1.37 bits per heavy atom. The van der Waals surface area contributed by atoms with Crippen molar-refractivity contribution in [3.05, 3.63) is 231 Å². The average Bonchev–Trinajstić information content (AvgIpc) is 3.72. The molecule has 3 heterocycles. The SMILES string of the molecule is c1ccc(-c2cc(-c3ccccc3)nc(-c3ccc(-c4ccc(-c5ccc(-n6c7ccccc7c7c8ccccc8nc(-c8ccccc8)c76)cc5)c5ccccc45)cc3)n2)cc1. The van der Waals surface area contributed by atoms with Crippen molar-refractivity contribution in [2.45, 2.75) is 0 Å². The molecule has 0 N–H and O–H groups in total. The second-order valence-corrected chi connectivity index (χ2v) is 15.9. The third-order valence-corrected chi connectivity index (χ3v) is 12.2. The highest BCUT2D eigenvalue weighted by Crippen LogP contribution is 2.42. The van der Waals surface area contributed by atoms with Gasteiger partial charge in [-0.25, -0.2) is 15.0 Å². The van der Waals surface area contributed by atoms with Crippen molar-refractivity contribution in [1.82, 2.24) is 19.5 Å². The van der Waals surface area contributed by atoms with E-state index in [0.29, 0.717) is 5.82 Å². The Morgan fingerprint density at radius 2 is 0.778 bits per heavy atom. The number of nitrogens with zero attached hydrogens (tertiary/aromatic N) is 4. The van der Waals surface area contributed by atoms with Gasteiger partial charge in [0, 0.05) is 44.1 Å². The molecule has 4 nitrogen and oxygen atoms in total. The maximum absolute atomic E-state index is 5.31. The minimum Gasteiger partial charge on any atom is -0.307 e. The lowest BCUT2D eigenvalue weighted by Crippen LogP contribution is -1.98. The minimum absolute atomic E-state index is 0.701. The summed E-state index contributed by atoms with van der Waals surface area (Å²) in [6, 6.07) is 81.5. The lowest BCUT2D eigenvalue weighted by molar-refractivity contribution is 1.17. The molecule has 294 valence electrons. The maximum Gasteiger partial charge on any atom is 0.160 e. The summed E-state index contributed by atoms with van der Waals surface area (Å²) in [6.45, 7) is 0. The highest BCUT2D eigenvalue weighted by atomic mass is 15.0. The third-order valence-electron chi connectivity index (χ3n) is 12.2. The quantitative estimate of drug-likeness (QED) is 0.161. The fourth-order valence-electron chi connectivity index (χ4n) is 9.24. The number of hydrogen-bond acceptors (Lipinski definition) is 3. The van der Waals surface area contributed by atoms with Crippen LogP contribution < -0.4 is 0 Å². The monoisotopic (exact) mass is 802 g/mol. The molecule has 4 heteroatoms. The molecule has 0 radical (unpaired) electrons. The number of para-hydroxylation sites is 2. The van der Waals surface area contributed by atoms with Gasteiger partial charge in [0.25, 0.3) is 0 Å². The normalized spacial score (nSPS) is 11.5. The van der Waals surface area contributed by atoms with Gasteiger partial charge in [0.2, 0.25) is 0 Å². The molecule has 12 rings (SSSR count). The molecule has 0 fully saturated rings. The molecule has 0 saturated heterocycles. The lowest BCUT2D eigenvalue weighted by atomic mass is 9.91. The van der Waals surface area contributed by atoms with Crippen LogP contribution in [0.3, 0.4) is 0 Å². The summed E-state index contributed by atoms with van der Waals surface area (Å²) >= 11 is 0. The number of rotatable bonds is 7.